The lowest BCUT2D eigenvalue weighted by Crippen LogP contribution is -2.24. The largest absolute Gasteiger partial charge is 0.482 e. The van der Waals surface area contributed by atoms with Crippen molar-refractivity contribution < 1.29 is 13.9 Å². The zero-order chi connectivity index (χ0) is 14.4. The lowest BCUT2D eigenvalue weighted by atomic mass is 10.3. The molecule has 0 aliphatic rings. The smallest absolute Gasteiger partial charge is 0.277 e. The van der Waals surface area contributed by atoms with Crippen molar-refractivity contribution in [2.24, 2.45) is 5.10 Å². The van der Waals surface area contributed by atoms with Crippen molar-refractivity contribution in [3.8, 4) is 5.75 Å². The van der Waals surface area contributed by atoms with Crippen LogP contribution in [0.25, 0.3) is 0 Å². The topological polar surface area (TPSA) is 63.8 Å². The second-order valence-corrected chi connectivity index (χ2v) is 5.04. The SMILES string of the molecule is O=C(COc1ccc(Br)cc1Cl)NN=Cc1ccoc1. The highest BCUT2D eigenvalue weighted by Gasteiger charge is 2.05. The molecule has 1 heterocycles. The first-order valence-corrected chi connectivity index (χ1v) is 6.74. The average Bonchev–Trinajstić information content (AvgIpc) is 2.91. The van der Waals surface area contributed by atoms with Crippen molar-refractivity contribution in [2.75, 3.05) is 6.61 Å². The van der Waals surface area contributed by atoms with Gasteiger partial charge in [-0.25, -0.2) is 5.43 Å². The normalized spacial score (nSPS) is 10.7. The molecule has 20 heavy (non-hydrogen) atoms. The van der Waals surface area contributed by atoms with Gasteiger partial charge in [0, 0.05) is 10.0 Å². The van der Waals surface area contributed by atoms with Gasteiger partial charge in [0.2, 0.25) is 0 Å². The van der Waals surface area contributed by atoms with Gasteiger partial charge in [-0.2, -0.15) is 5.10 Å². The first-order valence-electron chi connectivity index (χ1n) is 5.57. The highest BCUT2D eigenvalue weighted by molar-refractivity contribution is 9.10. The van der Waals surface area contributed by atoms with Crippen molar-refractivity contribution in [1.29, 1.82) is 0 Å². The third-order valence-electron chi connectivity index (χ3n) is 2.20. The van der Waals surface area contributed by atoms with Crippen molar-refractivity contribution >= 4 is 39.7 Å². The number of amides is 1. The average molecular weight is 358 g/mol. The number of carbonyl (C=O) groups excluding carboxylic acids is 1. The molecule has 1 amide bonds. The van der Waals surface area contributed by atoms with Crippen LogP contribution in [0.3, 0.4) is 0 Å². The van der Waals surface area contributed by atoms with Gasteiger partial charge in [-0.3, -0.25) is 4.79 Å². The Morgan fingerprint density at radius 1 is 1.50 bits per heavy atom. The number of hydrogen-bond donors (Lipinski definition) is 1. The Hall–Kier alpha value is -1.79. The Labute approximate surface area is 128 Å². The summed E-state index contributed by atoms with van der Waals surface area (Å²) in [6, 6.07) is 6.85. The fourth-order valence-electron chi connectivity index (χ4n) is 1.30. The molecule has 2 aromatic rings. The summed E-state index contributed by atoms with van der Waals surface area (Å²) in [7, 11) is 0. The number of ether oxygens (including phenoxy) is 1. The number of furan rings is 1. The van der Waals surface area contributed by atoms with Gasteiger partial charge in [0.15, 0.2) is 6.61 Å². The molecule has 1 aromatic heterocycles. The summed E-state index contributed by atoms with van der Waals surface area (Å²) in [5, 5.41) is 4.18. The zero-order valence-corrected chi connectivity index (χ0v) is 12.5. The molecule has 104 valence electrons. The molecule has 1 aromatic carbocycles. The number of benzene rings is 1. The van der Waals surface area contributed by atoms with Crippen LogP contribution in [-0.2, 0) is 4.79 Å². The summed E-state index contributed by atoms with van der Waals surface area (Å²) in [6.45, 7) is -0.177. The summed E-state index contributed by atoms with van der Waals surface area (Å²) >= 11 is 9.24. The van der Waals surface area contributed by atoms with Crippen molar-refractivity contribution in [3.05, 3.63) is 51.9 Å². The van der Waals surface area contributed by atoms with Gasteiger partial charge in [-0.1, -0.05) is 27.5 Å². The molecular formula is C13H10BrClN2O3. The molecule has 0 fully saturated rings. The minimum atomic E-state index is -0.385. The van der Waals surface area contributed by atoms with Gasteiger partial charge in [0.25, 0.3) is 5.91 Å². The van der Waals surface area contributed by atoms with E-state index in [0.717, 1.165) is 10.0 Å². The molecule has 5 nitrogen and oxygen atoms in total. The second kappa shape index (κ2) is 7.12. The van der Waals surface area contributed by atoms with E-state index < -0.39 is 0 Å². The van der Waals surface area contributed by atoms with E-state index in [9.17, 15) is 4.79 Å². The minimum absolute atomic E-state index is 0.177. The molecule has 0 aliphatic carbocycles. The first-order chi connectivity index (χ1) is 9.65. The molecule has 0 saturated heterocycles. The lowest BCUT2D eigenvalue weighted by molar-refractivity contribution is -0.123. The number of nitrogens with one attached hydrogen (secondary N) is 1. The number of hydrogen-bond acceptors (Lipinski definition) is 4. The zero-order valence-electron chi connectivity index (χ0n) is 10.2. The van der Waals surface area contributed by atoms with E-state index in [0.29, 0.717) is 10.8 Å². The number of nitrogens with zero attached hydrogens (tertiary/aromatic N) is 1. The lowest BCUT2D eigenvalue weighted by Gasteiger charge is -2.06. The van der Waals surface area contributed by atoms with E-state index in [1.165, 1.54) is 18.7 Å². The van der Waals surface area contributed by atoms with Gasteiger partial charge < -0.3 is 9.15 Å². The number of hydrazone groups is 1. The highest BCUT2D eigenvalue weighted by atomic mass is 79.9. The number of rotatable bonds is 5. The fourth-order valence-corrected chi connectivity index (χ4v) is 2.02. The van der Waals surface area contributed by atoms with Crippen LogP contribution in [-0.4, -0.2) is 18.7 Å². The quantitative estimate of drug-likeness (QED) is 0.660. The maximum absolute atomic E-state index is 11.5. The Morgan fingerprint density at radius 2 is 2.35 bits per heavy atom. The van der Waals surface area contributed by atoms with Crippen molar-refractivity contribution in [2.45, 2.75) is 0 Å². The molecule has 0 saturated carbocycles. The van der Waals surface area contributed by atoms with Crippen LogP contribution in [0.4, 0.5) is 0 Å². The molecule has 0 bridgehead atoms. The predicted octanol–water partition coefficient (Wildman–Crippen LogP) is 3.22. The summed E-state index contributed by atoms with van der Waals surface area (Å²) in [4.78, 5) is 11.5. The van der Waals surface area contributed by atoms with E-state index >= 15 is 0 Å². The van der Waals surface area contributed by atoms with E-state index in [1.54, 1.807) is 24.3 Å². The van der Waals surface area contributed by atoms with E-state index in [1.807, 2.05) is 0 Å². The Kier molecular flexibility index (Phi) is 5.20. The molecule has 0 unspecified atom stereocenters. The molecule has 0 aliphatic heterocycles. The van der Waals surface area contributed by atoms with Crippen LogP contribution in [0, 0.1) is 0 Å². The standard InChI is InChI=1S/C13H10BrClN2O3/c14-10-1-2-12(11(15)5-10)20-8-13(18)17-16-6-9-3-4-19-7-9/h1-7H,8H2,(H,17,18). The summed E-state index contributed by atoms with van der Waals surface area (Å²) in [5.41, 5.74) is 3.09. The Bertz CT molecular complexity index is 614. The summed E-state index contributed by atoms with van der Waals surface area (Å²) in [5.74, 6) is 0.0487. The molecule has 0 atom stereocenters. The number of carbonyl (C=O) groups is 1. The Balaban J connectivity index is 1.80. The second-order valence-electron chi connectivity index (χ2n) is 3.71. The third-order valence-corrected chi connectivity index (χ3v) is 2.99. The molecule has 7 heteroatoms. The van der Waals surface area contributed by atoms with Crippen molar-refractivity contribution in [3.63, 3.8) is 0 Å². The molecular weight excluding hydrogens is 348 g/mol. The minimum Gasteiger partial charge on any atom is -0.482 e. The third kappa shape index (κ3) is 4.40. The van der Waals surface area contributed by atoms with Crippen molar-refractivity contribution in [1.82, 2.24) is 5.43 Å². The Morgan fingerprint density at radius 3 is 3.05 bits per heavy atom. The maximum atomic E-state index is 11.5. The van der Waals surface area contributed by atoms with Crippen LogP contribution in [0.15, 0.2) is 50.8 Å². The first kappa shape index (κ1) is 14.6. The van der Waals surface area contributed by atoms with Gasteiger partial charge >= 0.3 is 0 Å². The van der Waals surface area contributed by atoms with Crippen LogP contribution >= 0.6 is 27.5 Å². The number of halogens is 2. The maximum Gasteiger partial charge on any atom is 0.277 e. The molecule has 0 spiro atoms. The van der Waals surface area contributed by atoms with E-state index in [-0.39, 0.29) is 12.5 Å². The molecule has 2 rings (SSSR count). The summed E-state index contributed by atoms with van der Waals surface area (Å²) in [6.07, 6.45) is 4.49. The monoisotopic (exact) mass is 356 g/mol. The van der Waals surface area contributed by atoms with Gasteiger partial charge in [-0.05, 0) is 24.3 Å². The molecule has 1 N–H and O–H groups in total. The summed E-state index contributed by atoms with van der Waals surface area (Å²) < 4.78 is 11.0. The van der Waals surface area contributed by atoms with Crippen LogP contribution < -0.4 is 10.2 Å². The van der Waals surface area contributed by atoms with Gasteiger partial charge in [-0.15, -0.1) is 0 Å². The fraction of sp³-hybridized carbons (Fsp3) is 0.0769. The van der Waals surface area contributed by atoms with Gasteiger partial charge in [0.05, 0.1) is 23.8 Å². The van der Waals surface area contributed by atoms with E-state index in [4.69, 9.17) is 20.8 Å². The van der Waals surface area contributed by atoms with Crippen LogP contribution in [0.2, 0.25) is 5.02 Å². The van der Waals surface area contributed by atoms with E-state index in [2.05, 4.69) is 26.5 Å². The van der Waals surface area contributed by atoms with Crippen LogP contribution in [0.1, 0.15) is 5.56 Å². The van der Waals surface area contributed by atoms with Gasteiger partial charge in [0.1, 0.15) is 5.75 Å². The predicted molar refractivity (Wildman–Crippen MR) is 79.1 cm³/mol. The molecule has 0 radical (unpaired) electrons. The highest BCUT2D eigenvalue weighted by Crippen LogP contribution is 2.27. The van der Waals surface area contributed by atoms with Crippen LogP contribution in [0.5, 0.6) is 5.75 Å².